The molecule has 158 valence electrons. The number of likely N-dealkylation sites (N-methyl/N-ethyl adjacent to an activating group) is 1. The highest BCUT2D eigenvalue weighted by Crippen LogP contribution is 2.30. The molecule has 2 aliphatic rings. The van der Waals surface area contributed by atoms with E-state index in [1.165, 1.54) is 16.8 Å². The van der Waals surface area contributed by atoms with Crippen LogP contribution >= 0.6 is 11.6 Å². The minimum Gasteiger partial charge on any atom is -0.369 e. The molecule has 1 saturated heterocycles. The van der Waals surface area contributed by atoms with Crippen LogP contribution in [0.15, 0.2) is 59.3 Å². The van der Waals surface area contributed by atoms with Crippen molar-refractivity contribution in [2.75, 3.05) is 49.7 Å². The van der Waals surface area contributed by atoms with E-state index in [0.717, 1.165) is 44.1 Å². The highest BCUT2D eigenvalue weighted by Gasteiger charge is 2.31. The number of carbonyl (C=O) groups is 1. The van der Waals surface area contributed by atoms with Gasteiger partial charge in [-0.3, -0.25) is 14.7 Å². The SMILES string of the molecule is Cc1ccc(C)c(N2CCN(CC3=C(Cl)CC(=O)N(c4ccccc4)N3C)CC2)c1. The Morgan fingerprint density at radius 3 is 2.37 bits per heavy atom. The predicted molar refractivity (Wildman–Crippen MR) is 124 cm³/mol. The third-order valence-corrected chi connectivity index (χ3v) is 6.35. The number of anilines is 2. The fourth-order valence-electron chi connectivity index (χ4n) is 4.27. The van der Waals surface area contributed by atoms with E-state index < -0.39 is 0 Å². The Morgan fingerprint density at radius 1 is 0.967 bits per heavy atom. The second kappa shape index (κ2) is 8.70. The lowest BCUT2D eigenvalue weighted by Crippen LogP contribution is -2.52. The van der Waals surface area contributed by atoms with Crippen molar-refractivity contribution in [2.24, 2.45) is 0 Å². The van der Waals surface area contributed by atoms with Crippen LogP contribution in [0.25, 0.3) is 0 Å². The first kappa shape index (κ1) is 20.8. The summed E-state index contributed by atoms with van der Waals surface area (Å²) in [6.07, 6.45) is 0.249. The van der Waals surface area contributed by atoms with Crippen molar-refractivity contribution in [3.63, 3.8) is 0 Å². The van der Waals surface area contributed by atoms with E-state index >= 15 is 0 Å². The van der Waals surface area contributed by atoms with Crippen LogP contribution in [0.4, 0.5) is 11.4 Å². The number of hydrogen-bond acceptors (Lipinski definition) is 4. The smallest absolute Gasteiger partial charge is 0.251 e. The first-order chi connectivity index (χ1) is 14.4. The van der Waals surface area contributed by atoms with Gasteiger partial charge in [0, 0.05) is 50.5 Å². The number of amides is 1. The van der Waals surface area contributed by atoms with Crippen LogP contribution in [0.3, 0.4) is 0 Å². The van der Waals surface area contributed by atoms with E-state index in [2.05, 4.69) is 41.8 Å². The third-order valence-electron chi connectivity index (χ3n) is 6.00. The quantitative estimate of drug-likeness (QED) is 0.737. The van der Waals surface area contributed by atoms with Gasteiger partial charge in [0.2, 0.25) is 0 Å². The zero-order valence-corrected chi connectivity index (χ0v) is 18.7. The van der Waals surface area contributed by atoms with E-state index in [-0.39, 0.29) is 12.3 Å². The minimum atomic E-state index is -0.00260. The molecule has 0 unspecified atom stereocenters. The van der Waals surface area contributed by atoms with Crippen LogP contribution in [0, 0.1) is 13.8 Å². The number of hydrazine groups is 1. The van der Waals surface area contributed by atoms with Crippen molar-refractivity contribution in [1.29, 1.82) is 0 Å². The van der Waals surface area contributed by atoms with Crippen molar-refractivity contribution in [1.82, 2.24) is 9.91 Å². The molecule has 2 heterocycles. The summed E-state index contributed by atoms with van der Waals surface area (Å²) in [6, 6.07) is 16.4. The predicted octanol–water partition coefficient (Wildman–Crippen LogP) is 4.16. The maximum Gasteiger partial charge on any atom is 0.251 e. The summed E-state index contributed by atoms with van der Waals surface area (Å²) in [5.74, 6) is -0.00260. The standard InChI is InChI=1S/C24H29ClN4O/c1-18-9-10-19(2)22(15-18)28-13-11-27(12-14-28)17-23-21(25)16-24(30)29(26(23)3)20-7-5-4-6-8-20/h4-10,15H,11-14,16-17H2,1-3H3. The molecular weight excluding hydrogens is 396 g/mol. The van der Waals surface area contributed by atoms with Gasteiger partial charge in [-0.1, -0.05) is 41.9 Å². The molecule has 6 heteroatoms. The first-order valence-corrected chi connectivity index (χ1v) is 10.9. The topological polar surface area (TPSA) is 30.0 Å². The third kappa shape index (κ3) is 4.18. The summed E-state index contributed by atoms with van der Waals surface area (Å²) in [5, 5.41) is 4.29. The van der Waals surface area contributed by atoms with E-state index in [0.29, 0.717) is 5.03 Å². The Kier molecular flexibility index (Phi) is 6.02. The monoisotopic (exact) mass is 424 g/mol. The number of hydrogen-bond donors (Lipinski definition) is 0. The lowest BCUT2D eigenvalue weighted by atomic mass is 10.1. The molecule has 0 N–H and O–H groups in total. The Labute approximate surface area is 184 Å². The maximum absolute atomic E-state index is 12.7. The number of nitrogens with zero attached hydrogens (tertiary/aromatic N) is 4. The number of piperazine rings is 1. The molecule has 0 radical (unpaired) electrons. The van der Waals surface area contributed by atoms with Crippen molar-refractivity contribution in [2.45, 2.75) is 20.3 Å². The lowest BCUT2D eigenvalue weighted by Gasteiger charge is -2.42. The molecule has 5 nitrogen and oxygen atoms in total. The van der Waals surface area contributed by atoms with Gasteiger partial charge in [-0.05, 0) is 43.2 Å². The number of rotatable bonds is 4. The maximum atomic E-state index is 12.7. The number of para-hydroxylation sites is 1. The van der Waals surface area contributed by atoms with Gasteiger partial charge in [0.1, 0.15) is 0 Å². The fourth-order valence-corrected chi connectivity index (χ4v) is 4.56. The zero-order chi connectivity index (χ0) is 21.3. The van der Waals surface area contributed by atoms with Gasteiger partial charge in [-0.2, -0.15) is 0 Å². The molecule has 0 bridgehead atoms. The van der Waals surface area contributed by atoms with Gasteiger partial charge >= 0.3 is 0 Å². The van der Waals surface area contributed by atoms with Crippen molar-refractivity contribution >= 4 is 28.9 Å². The van der Waals surface area contributed by atoms with Crippen molar-refractivity contribution in [3.8, 4) is 0 Å². The van der Waals surface area contributed by atoms with Crippen LogP contribution in [-0.2, 0) is 4.79 Å². The number of aryl methyl sites for hydroxylation is 2. The Balaban J connectivity index is 1.45. The Morgan fingerprint density at radius 2 is 1.67 bits per heavy atom. The van der Waals surface area contributed by atoms with Gasteiger partial charge < -0.3 is 4.90 Å². The first-order valence-electron chi connectivity index (χ1n) is 10.5. The van der Waals surface area contributed by atoms with E-state index in [1.54, 1.807) is 5.01 Å². The summed E-state index contributed by atoms with van der Waals surface area (Å²) >= 11 is 6.56. The van der Waals surface area contributed by atoms with Gasteiger partial charge in [-0.15, -0.1) is 0 Å². The second-order valence-corrected chi connectivity index (χ2v) is 8.60. The molecule has 0 aromatic heterocycles. The molecule has 4 rings (SSSR count). The highest BCUT2D eigenvalue weighted by molar-refractivity contribution is 6.32. The Hall–Kier alpha value is -2.50. The summed E-state index contributed by atoms with van der Waals surface area (Å²) in [6.45, 7) is 8.97. The van der Waals surface area contributed by atoms with Crippen molar-refractivity contribution in [3.05, 3.63) is 70.4 Å². The molecule has 2 aliphatic heterocycles. The average molecular weight is 425 g/mol. The van der Waals surface area contributed by atoms with Crippen LogP contribution in [0.1, 0.15) is 17.5 Å². The van der Waals surface area contributed by atoms with Crippen LogP contribution in [-0.4, -0.2) is 55.6 Å². The van der Waals surface area contributed by atoms with Gasteiger partial charge in [0.15, 0.2) is 0 Å². The summed E-state index contributed by atoms with van der Waals surface area (Å²) in [5.41, 5.74) is 5.82. The van der Waals surface area contributed by atoms with Gasteiger partial charge in [0.05, 0.1) is 17.8 Å². The average Bonchev–Trinajstić information content (AvgIpc) is 2.74. The number of halogens is 1. The molecule has 1 amide bonds. The Bertz CT molecular complexity index is 951. The van der Waals surface area contributed by atoms with E-state index in [9.17, 15) is 4.79 Å². The fraction of sp³-hybridized carbons (Fsp3) is 0.375. The van der Waals surface area contributed by atoms with E-state index in [1.807, 2.05) is 42.4 Å². The largest absolute Gasteiger partial charge is 0.369 e. The zero-order valence-electron chi connectivity index (χ0n) is 17.9. The number of carbonyl (C=O) groups excluding carboxylic acids is 1. The normalized spacial score (nSPS) is 18.4. The molecule has 2 aromatic rings. The van der Waals surface area contributed by atoms with Gasteiger partial charge in [0.25, 0.3) is 5.91 Å². The molecule has 0 saturated carbocycles. The molecule has 1 fully saturated rings. The minimum absolute atomic E-state index is 0.00260. The van der Waals surface area contributed by atoms with Crippen LogP contribution < -0.4 is 9.91 Å². The van der Waals surface area contributed by atoms with Gasteiger partial charge in [-0.25, -0.2) is 5.01 Å². The number of benzene rings is 2. The molecule has 2 aromatic carbocycles. The highest BCUT2D eigenvalue weighted by atomic mass is 35.5. The molecule has 30 heavy (non-hydrogen) atoms. The summed E-state index contributed by atoms with van der Waals surface area (Å²) in [4.78, 5) is 17.6. The second-order valence-electron chi connectivity index (χ2n) is 8.15. The van der Waals surface area contributed by atoms with Crippen LogP contribution in [0.5, 0.6) is 0 Å². The summed E-state index contributed by atoms with van der Waals surface area (Å²) < 4.78 is 0. The van der Waals surface area contributed by atoms with E-state index in [4.69, 9.17) is 11.6 Å². The molecule has 0 spiro atoms. The molecule has 0 atom stereocenters. The summed E-state index contributed by atoms with van der Waals surface area (Å²) in [7, 11) is 1.92. The molecular formula is C24H29ClN4O. The van der Waals surface area contributed by atoms with Crippen molar-refractivity contribution < 1.29 is 4.79 Å². The lowest BCUT2D eigenvalue weighted by molar-refractivity contribution is -0.120. The molecule has 0 aliphatic carbocycles. The van der Waals surface area contributed by atoms with Crippen LogP contribution in [0.2, 0.25) is 0 Å².